The summed E-state index contributed by atoms with van der Waals surface area (Å²) < 4.78 is 38.3. The maximum atomic E-state index is 12.8. The fourth-order valence-corrected chi connectivity index (χ4v) is 2.30. The van der Waals surface area contributed by atoms with Gasteiger partial charge in [0.2, 0.25) is 0 Å². The normalized spacial score (nSPS) is 18.2. The topological polar surface area (TPSA) is 62.3 Å². The summed E-state index contributed by atoms with van der Waals surface area (Å²) in [5.41, 5.74) is -0.815. The van der Waals surface area contributed by atoms with Crippen LogP contribution in [-0.2, 0) is 11.0 Å². The van der Waals surface area contributed by atoms with Gasteiger partial charge in [-0.25, -0.2) is 14.7 Å². The third-order valence-electron chi connectivity index (χ3n) is 3.36. The van der Waals surface area contributed by atoms with Crippen molar-refractivity contribution in [2.45, 2.75) is 12.2 Å². The summed E-state index contributed by atoms with van der Waals surface area (Å²) in [4.78, 5) is 29.1. The van der Waals surface area contributed by atoms with Gasteiger partial charge in [-0.05, 0) is 29.8 Å². The SMILES string of the molecule is O=C1NC(c2cccc(C(F)(F)F)c2)C(=O)N1c1ccccn1. The number of urea groups is 1. The van der Waals surface area contributed by atoms with Crippen molar-refractivity contribution in [2.75, 3.05) is 4.90 Å². The number of rotatable bonds is 2. The molecule has 1 saturated heterocycles. The quantitative estimate of drug-likeness (QED) is 0.865. The summed E-state index contributed by atoms with van der Waals surface area (Å²) in [6.45, 7) is 0. The van der Waals surface area contributed by atoms with Crippen molar-refractivity contribution in [1.82, 2.24) is 10.3 Å². The maximum Gasteiger partial charge on any atom is 0.416 e. The molecule has 23 heavy (non-hydrogen) atoms. The zero-order chi connectivity index (χ0) is 16.6. The number of hydrogen-bond acceptors (Lipinski definition) is 3. The summed E-state index contributed by atoms with van der Waals surface area (Å²) in [7, 11) is 0. The van der Waals surface area contributed by atoms with Crippen LogP contribution < -0.4 is 10.2 Å². The Hall–Kier alpha value is -2.90. The summed E-state index contributed by atoms with van der Waals surface area (Å²) >= 11 is 0. The molecule has 1 aliphatic heterocycles. The van der Waals surface area contributed by atoms with Crippen LogP contribution in [-0.4, -0.2) is 16.9 Å². The van der Waals surface area contributed by atoms with Gasteiger partial charge in [0.15, 0.2) is 0 Å². The Morgan fingerprint density at radius 1 is 1.09 bits per heavy atom. The number of halogens is 3. The van der Waals surface area contributed by atoms with Crippen LogP contribution in [0.3, 0.4) is 0 Å². The number of imide groups is 1. The van der Waals surface area contributed by atoms with Crippen molar-refractivity contribution < 1.29 is 22.8 Å². The molecule has 0 spiro atoms. The van der Waals surface area contributed by atoms with Crippen LogP contribution in [0.5, 0.6) is 0 Å². The van der Waals surface area contributed by atoms with E-state index in [4.69, 9.17) is 0 Å². The fourth-order valence-electron chi connectivity index (χ4n) is 2.30. The molecule has 1 aliphatic rings. The molecule has 0 radical (unpaired) electrons. The van der Waals surface area contributed by atoms with Gasteiger partial charge in [-0.15, -0.1) is 0 Å². The minimum Gasteiger partial charge on any atom is -0.321 e. The van der Waals surface area contributed by atoms with Crippen LogP contribution in [0.4, 0.5) is 23.8 Å². The first-order chi connectivity index (χ1) is 10.9. The Kier molecular flexibility index (Phi) is 3.51. The number of carbonyl (C=O) groups excluding carboxylic acids is 2. The first-order valence-electron chi connectivity index (χ1n) is 6.60. The molecule has 0 aliphatic carbocycles. The van der Waals surface area contributed by atoms with Gasteiger partial charge >= 0.3 is 12.2 Å². The smallest absolute Gasteiger partial charge is 0.321 e. The number of pyridine rings is 1. The van der Waals surface area contributed by atoms with Gasteiger partial charge in [-0.1, -0.05) is 18.2 Å². The minimum absolute atomic E-state index is 0.0663. The van der Waals surface area contributed by atoms with Crippen molar-refractivity contribution in [2.24, 2.45) is 0 Å². The van der Waals surface area contributed by atoms with Crippen molar-refractivity contribution in [1.29, 1.82) is 0 Å². The fraction of sp³-hybridized carbons (Fsp3) is 0.133. The molecule has 1 atom stereocenters. The molecule has 118 valence electrons. The summed E-state index contributed by atoms with van der Waals surface area (Å²) in [5.74, 6) is -0.558. The number of nitrogens with one attached hydrogen (secondary N) is 1. The number of anilines is 1. The Bertz CT molecular complexity index is 762. The van der Waals surface area contributed by atoms with Crippen LogP contribution >= 0.6 is 0 Å². The summed E-state index contributed by atoms with van der Waals surface area (Å²) in [5, 5.41) is 2.38. The highest BCUT2D eigenvalue weighted by Crippen LogP contribution is 2.32. The van der Waals surface area contributed by atoms with Crippen LogP contribution in [0, 0.1) is 0 Å². The highest BCUT2D eigenvalue weighted by Gasteiger charge is 2.41. The van der Waals surface area contributed by atoms with E-state index < -0.39 is 29.7 Å². The monoisotopic (exact) mass is 321 g/mol. The molecule has 0 saturated carbocycles. The first kappa shape index (κ1) is 15.0. The Morgan fingerprint density at radius 2 is 1.87 bits per heavy atom. The lowest BCUT2D eigenvalue weighted by molar-refractivity contribution is -0.137. The number of alkyl halides is 3. The number of benzene rings is 1. The van der Waals surface area contributed by atoms with Crippen LogP contribution in [0.25, 0.3) is 0 Å². The second kappa shape index (κ2) is 5.38. The van der Waals surface area contributed by atoms with Gasteiger partial charge in [-0.2, -0.15) is 13.2 Å². The van der Waals surface area contributed by atoms with E-state index in [9.17, 15) is 22.8 Å². The third-order valence-corrected chi connectivity index (χ3v) is 3.36. The molecule has 3 rings (SSSR count). The van der Waals surface area contributed by atoms with Gasteiger partial charge in [0.1, 0.15) is 11.9 Å². The Balaban J connectivity index is 1.94. The van der Waals surface area contributed by atoms with E-state index >= 15 is 0 Å². The van der Waals surface area contributed by atoms with Crippen LogP contribution in [0.15, 0.2) is 48.7 Å². The van der Waals surface area contributed by atoms with Gasteiger partial charge in [0.05, 0.1) is 5.56 Å². The predicted octanol–water partition coefficient (Wildman–Crippen LogP) is 2.90. The third kappa shape index (κ3) is 2.75. The molecule has 1 fully saturated rings. The van der Waals surface area contributed by atoms with Crippen molar-refractivity contribution >= 4 is 17.8 Å². The summed E-state index contributed by atoms with van der Waals surface area (Å²) in [6, 6.07) is 7.09. The molecular formula is C15H10F3N3O2. The van der Waals surface area contributed by atoms with E-state index in [1.807, 2.05) is 0 Å². The molecule has 5 nitrogen and oxygen atoms in total. The van der Waals surface area contributed by atoms with E-state index in [1.54, 1.807) is 12.1 Å². The second-order valence-corrected chi connectivity index (χ2v) is 4.87. The van der Waals surface area contributed by atoms with E-state index in [2.05, 4.69) is 10.3 Å². The molecule has 1 N–H and O–H groups in total. The molecule has 3 amide bonds. The zero-order valence-electron chi connectivity index (χ0n) is 11.5. The predicted molar refractivity (Wildman–Crippen MR) is 74.4 cm³/mol. The molecule has 8 heteroatoms. The highest BCUT2D eigenvalue weighted by molar-refractivity contribution is 6.21. The number of aromatic nitrogens is 1. The second-order valence-electron chi connectivity index (χ2n) is 4.87. The van der Waals surface area contributed by atoms with Gasteiger partial charge in [-0.3, -0.25) is 4.79 Å². The van der Waals surface area contributed by atoms with Crippen molar-refractivity contribution in [3.05, 3.63) is 59.8 Å². The lowest BCUT2D eigenvalue weighted by Crippen LogP contribution is -2.31. The van der Waals surface area contributed by atoms with Crippen LogP contribution in [0.1, 0.15) is 17.2 Å². The molecule has 0 bridgehead atoms. The minimum atomic E-state index is -4.53. The van der Waals surface area contributed by atoms with Crippen molar-refractivity contribution in [3.63, 3.8) is 0 Å². The lowest BCUT2D eigenvalue weighted by atomic mass is 10.0. The van der Waals surface area contributed by atoms with E-state index in [0.29, 0.717) is 0 Å². The number of carbonyl (C=O) groups is 2. The molecule has 1 unspecified atom stereocenters. The first-order valence-corrected chi connectivity index (χ1v) is 6.60. The Morgan fingerprint density at radius 3 is 2.52 bits per heavy atom. The van der Waals surface area contributed by atoms with E-state index in [1.165, 1.54) is 24.4 Å². The van der Waals surface area contributed by atoms with Crippen LogP contribution in [0.2, 0.25) is 0 Å². The van der Waals surface area contributed by atoms with Gasteiger partial charge in [0.25, 0.3) is 5.91 Å². The zero-order valence-corrected chi connectivity index (χ0v) is 11.5. The highest BCUT2D eigenvalue weighted by atomic mass is 19.4. The number of nitrogens with zero attached hydrogens (tertiary/aromatic N) is 2. The molecule has 1 aromatic heterocycles. The molecule has 2 heterocycles. The maximum absolute atomic E-state index is 12.8. The van der Waals surface area contributed by atoms with Gasteiger partial charge < -0.3 is 5.32 Å². The largest absolute Gasteiger partial charge is 0.416 e. The molecule has 2 aromatic rings. The van der Waals surface area contributed by atoms with E-state index in [0.717, 1.165) is 17.0 Å². The number of amides is 3. The Labute approximate surface area is 128 Å². The van der Waals surface area contributed by atoms with Gasteiger partial charge in [0, 0.05) is 6.20 Å². The molecule has 1 aromatic carbocycles. The average Bonchev–Trinajstić information content (AvgIpc) is 2.82. The summed E-state index contributed by atoms with van der Waals surface area (Å²) in [6.07, 6.45) is -3.12. The average molecular weight is 321 g/mol. The lowest BCUT2D eigenvalue weighted by Gasteiger charge is -2.13. The van der Waals surface area contributed by atoms with Crippen molar-refractivity contribution in [3.8, 4) is 0 Å². The molecular weight excluding hydrogens is 311 g/mol. The van der Waals surface area contributed by atoms with E-state index in [-0.39, 0.29) is 11.4 Å². The number of hydrogen-bond donors (Lipinski definition) is 1. The standard InChI is InChI=1S/C15H10F3N3O2/c16-15(17,18)10-5-3-4-9(8-10)12-13(22)21(14(23)20-12)11-6-1-2-7-19-11/h1-8,12H,(H,20,23).